The van der Waals surface area contributed by atoms with E-state index in [4.69, 9.17) is 0 Å². The monoisotopic (exact) mass is 336 g/mol. The number of nitrogens with zero attached hydrogens (tertiary/aromatic N) is 2. The highest BCUT2D eigenvalue weighted by Crippen LogP contribution is 2.09. The predicted octanol–water partition coefficient (Wildman–Crippen LogP) is 3.92. The van der Waals surface area contributed by atoms with Gasteiger partial charge in [0, 0.05) is 19.3 Å². The zero-order chi connectivity index (χ0) is 17.3. The lowest BCUT2D eigenvalue weighted by Gasteiger charge is -2.09. The fraction of sp³-hybridized carbons (Fsp3) is 0.200. The summed E-state index contributed by atoms with van der Waals surface area (Å²) in [6.07, 6.45) is 3.23. The van der Waals surface area contributed by atoms with Gasteiger partial charge in [0.05, 0.1) is 0 Å². The van der Waals surface area contributed by atoms with E-state index in [1.807, 2.05) is 30.3 Å². The van der Waals surface area contributed by atoms with Gasteiger partial charge >= 0.3 is 0 Å². The number of benzene rings is 2. The van der Waals surface area contributed by atoms with Gasteiger partial charge in [0.15, 0.2) is 0 Å². The van der Waals surface area contributed by atoms with Crippen LogP contribution in [0.4, 0.5) is 16.2 Å². The van der Waals surface area contributed by atoms with Crippen molar-refractivity contribution >= 4 is 11.8 Å². The van der Waals surface area contributed by atoms with Crippen LogP contribution in [0.25, 0.3) is 0 Å². The summed E-state index contributed by atoms with van der Waals surface area (Å²) < 4.78 is 13.6. The largest absolute Gasteiger partial charge is 0.370 e. The lowest BCUT2D eigenvalue weighted by Crippen LogP contribution is -2.11. The Morgan fingerprint density at radius 3 is 2.40 bits per heavy atom. The van der Waals surface area contributed by atoms with Crippen LogP contribution in [0.15, 0.2) is 66.9 Å². The maximum absolute atomic E-state index is 13.6. The number of nitrogens with one attached hydrogen (secondary N) is 2. The second kappa shape index (κ2) is 8.78. The number of halogens is 1. The molecule has 0 spiro atoms. The molecule has 0 aliphatic rings. The first-order valence-corrected chi connectivity index (χ1v) is 8.39. The molecule has 0 aliphatic heterocycles. The highest BCUT2D eigenvalue weighted by Gasteiger charge is 2.02. The van der Waals surface area contributed by atoms with Crippen LogP contribution in [0.5, 0.6) is 0 Å². The Kier molecular flexibility index (Phi) is 5.93. The Labute approximate surface area is 147 Å². The third-order valence-corrected chi connectivity index (χ3v) is 3.85. The first kappa shape index (κ1) is 16.9. The van der Waals surface area contributed by atoms with Gasteiger partial charge in [-0.05, 0) is 36.1 Å². The first-order valence-electron chi connectivity index (χ1n) is 8.39. The Balaban J connectivity index is 1.47. The number of hydrogen-bond acceptors (Lipinski definition) is 4. The molecule has 4 nitrogen and oxygen atoms in total. The molecule has 0 unspecified atom stereocenters. The second-order valence-corrected chi connectivity index (χ2v) is 5.70. The summed E-state index contributed by atoms with van der Waals surface area (Å²) in [5, 5.41) is 6.44. The number of hydrogen-bond donors (Lipinski definition) is 2. The quantitative estimate of drug-likeness (QED) is 0.654. The molecule has 0 amide bonds. The molecular weight excluding hydrogens is 315 g/mol. The molecule has 2 N–H and O–H groups in total. The summed E-state index contributed by atoms with van der Waals surface area (Å²) in [4.78, 5) is 8.63. The molecule has 1 aromatic heterocycles. The van der Waals surface area contributed by atoms with Gasteiger partial charge in [0.2, 0.25) is 5.95 Å². The summed E-state index contributed by atoms with van der Waals surface area (Å²) in [7, 11) is 0. The van der Waals surface area contributed by atoms with Crippen molar-refractivity contribution in [3.05, 3.63) is 83.8 Å². The Morgan fingerprint density at radius 1 is 0.800 bits per heavy atom. The molecule has 2 aromatic carbocycles. The average Bonchev–Trinajstić information content (AvgIpc) is 2.65. The van der Waals surface area contributed by atoms with Crippen molar-refractivity contribution in [2.24, 2.45) is 0 Å². The molecule has 128 valence electrons. The molecule has 1 heterocycles. The van der Waals surface area contributed by atoms with Crippen LogP contribution >= 0.6 is 0 Å². The Hall–Kier alpha value is -2.95. The molecule has 0 saturated heterocycles. The van der Waals surface area contributed by atoms with Gasteiger partial charge in [-0.1, -0.05) is 48.5 Å². The third-order valence-electron chi connectivity index (χ3n) is 3.85. The van der Waals surface area contributed by atoms with Crippen LogP contribution < -0.4 is 10.6 Å². The van der Waals surface area contributed by atoms with Crippen molar-refractivity contribution in [1.82, 2.24) is 9.97 Å². The minimum Gasteiger partial charge on any atom is -0.370 e. The molecule has 0 saturated carbocycles. The summed E-state index contributed by atoms with van der Waals surface area (Å²) >= 11 is 0. The summed E-state index contributed by atoms with van der Waals surface area (Å²) in [6, 6.07) is 19.0. The Bertz CT molecular complexity index is 792. The SMILES string of the molecule is Fc1ccccc1CCNc1nccc(NCCc2ccccc2)n1. The Morgan fingerprint density at radius 2 is 1.56 bits per heavy atom. The van der Waals surface area contributed by atoms with Gasteiger partial charge in [-0.3, -0.25) is 0 Å². The van der Waals surface area contributed by atoms with Crippen molar-refractivity contribution in [1.29, 1.82) is 0 Å². The average molecular weight is 336 g/mol. The maximum Gasteiger partial charge on any atom is 0.224 e. The van der Waals surface area contributed by atoms with E-state index < -0.39 is 0 Å². The highest BCUT2D eigenvalue weighted by molar-refractivity contribution is 5.39. The molecule has 3 aromatic rings. The lowest BCUT2D eigenvalue weighted by atomic mass is 10.1. The molecule has 0 radical (unpaired) electrons. The number of aromatic nitrogens is 2. The topological polar surface area (TPSA) is 49.8 Å². The highest BCUT2D eigenvalue weighted by atomic mass is 19.1. The lowest BCUT2D eigenvalue weighted by molar-refractivity contribution is 0.610. The van der Waals surface area contributed by atoms with Crippen molar-refractivity contribution < 1.29 is 4.39 Å². The fourth-order valence-electron chi connectivity index (χ4n) is 2.53. The first-order chi connectivity index (χ1) is 12.3. The van der Waals surface area contributed by atoms with E-state index in [1.54, 1.807) is 18.3 Å². The van der Waals surface area contributed by atoms with Crippen LogP contribution in [0.2, 0.25) is 0 Å². The van der Waals surface area contributed by atoms with Gasteiger partial charge in [-0.2, -0.15) is 4.98 Å². The van der Waals surface area contributed by atoms with Crippen molar-refractivity contribution in [3.63, 3.8) is 0 Å². The standard InChI is InChI=1S/C20H21FN4/c21-18-9-5-4-8-17(18)11-14-23-20-24-15-12-19(25-20)22-13-10-16-6-2-1-3-7-16/h1-9,12,15H,10-11,13-14H2,(H2,22,23,24,25). The molecule has 5 heteroatoms. The van der Waals surface area contributed by atoms with Crippen LogP contribution in [0.3, 0.4) is 0 Å². The van der Waals surface area contributed by atoms with E-state index in [0.29, 0.717) is 24.5 Å². The normalized spacial score (nSPS) is 10.4. The van der Waals surface area contributed by atoms with Crippen LogP contribution in [-0.2, 0) is 12.8 Å². The van der Waals surface area contributed by atoms with E-state index in [2.05, 4.69) is 32.7 Å². The second-order valence-electron chi connectivity index (χ2n) is 5.70. The van der Waals surface area contributed by atoms with Crippen molar-refractivity contribution in [2.75, 3.05) is 23.7 Å². The van der Waals surface area contributed by atoms with Gasteiger partial charge < -0.3 is 10.6 Å². The molecule has 0 atom stereocenters. The minimum absolute atomic E-state index is 0.179. The van der Waals surface area contributed by atoms with Gasteiger partial charge in [0.1, 0.15) is 11.6 Å². The third kappa shape index (κ3) is 5.28. The molecule has 3 rings (SSSR count). The summed E-state index contributed by atoms with van der Waals surface area (Å²) in [5.74, 6) is 1.14. The van der Waals surface area contributed by atoms with Crippen LogP contribution in [-0.4, -0.2) is 23.1 Å². The van der Waals surface area contributed by atoms with E-state index in [9.17, 15) is 4.39 Å². The zero-order valence-corrected chi connectivity index (χ0v) is 14.0. The van der Waals surface area contributed by atoms with E-state index >= 15 is 0 Å². The van der Waals surface area contributed by atoms with E-state index in [-0.39, 0.29) is 5.82 Å². The van der Waals surface area contributed by atoms with Crippen LogP contribution in [0.1, 0.15) is 11.1 Å². The molecule has 0 fully saturated rings. The van der Waals surface area contributed by atoms with Gasteiger partial charge in [-0.15, -0.1) is 0 Å². The van der Waals surface area contributed by atoms with Crippen molar-refractivity contribution in [3.8, 4) is 0 Å². The van der Waals surface area contributed by atoms with Gasteiger partial charge in [-0.25, -0.2) is 9.37 Å². The number of anilines is 2. The van der Waals surface area contributed by atoms with E-state index in [0.717, 1.165) is 18.8 Å². The predicted molar refractivity (Wildman–Crippen MR) is 99.3 cm³/mol. The summed E-state index contributed by atoms with van der Waals surface area (Å²) in [5.41, 5.74) is 1.97. The maximum atomic E-state index is 13.6. The molecule has 25 heavy (non-hydrogen) atoms. The minimum atomic E-state index is -0.179. The molecular formula is C20H21FN4. The smallest absolute Gasteiger partial charge is 0.224 e. The number of rotatable bonds is 8. The fourth-order valence-corrected chi connectivity index (χ4v) is 2.53. The van der Waals surface area contributed by atoms with Crippen LogP contribution in [0, 0.1) is 5.82 Å². The summed E-state index contributed by atoms with van der Waals surface area (Å²) in [6.45, 7) is 1.38. The van der Waals surface area contributed by atoms with E-state index in [1.165, 1.54) is 11.6 Å². The van der Waals surface area contributed by atoms with Crippen molar-refractivity contribution in [2.45, 2.75) is 12.8 Å². The molecule has 0 aliphatic carbocycles. The van der Waals surface area contributed by atoms with Gasteiger partial charge in [0.25, 0.3) is 0 Å². The molecule has 0 bridgehead atoms. The zero-order valence-electron chi connectivity index (χ0n) is 14.0.